The number of rotatable bonds is 11. The van der Waals surface area contributed by atoms with Gasteiger partial charge in [0.05, 0.1) is 17.3 Å². The van der Waals surface area contributed by atoms with Gasteiger partial charge in [-0.15, -0.1) is 0 Å². The molecular formula is C29H32BrN3O4. The Hall–Kier alpha value is -3.65. The van der Waals surface area contributed by atoms with Crippen LogP contribution in [0.2, 0.25) is 0 Å². The van der Waals surface area contributed by atoms with Crippen LogP contribution < -0.4 is 20.2 Å². The Morgan fingerprint density at radius 2 is 1.62 bits per heavy atom. The number of halogens is 1. The summed E-state index contributed by atoms with van der Waals surface area (Å²) in [6.45, 7) is 8.70. The first-order chi connectivity index (χ1) is 17.7. The zero-order valence-corrected chi connectivity index (χ0v) is 23.1. The molecule has 0 bridgehead atoms. The number of anilines is 1. The SMILES string of the molecule is CCOc1cc(C=NNC(=O)CCC(=O)Nc2cc(C)ccc2C)cc(Br)c1OCc1ccc(C)cc1. The van der Waals surface area contributed by atoms with Gasteiger partial charge in [0.25, 0.3) is 0 Å². The minimum atomic E-state index is -0.352. The number of carbonyl (C=O) groups excluding carboxylic acids is 2. The highest BCUT2D eigenvalue weighted by Crippen LogP contribution is 2.37. The Labute approximate surface area is 226 Å². The van der Waals surface area contributed by atoms with Crippen molar-refractivity contribution in [1.29, 1.82) is 0 Å². The monoisotopic (exact) mass is 565 g/mol. The molecule has 194 valence electrons. The third-order valence-electron chi connectivity index (χ3n) is 5.48. The Morgan fingerprint density at radius 1 is 0.919 bits per heavy atom. The molecule has 0 saturated heterocycles. The molecule has 0 heterocycles. The molecule has 0 unspecified atom stereocenters. The van der Waals surface area contributed by atoms with Gasteiger partial charge < -0.3 is 14.8 Å². The molecule has 0 aliphatic carbocycles. The molecule has 2 amide bonds. The highest BCUT2D eigenvalue weighted by atomic mass is 79.9. The van der Waals surface area contributed by atoms with Gasteiger partial charge in [-0.1, -0.05) is 42.0 Å². The summed E-state index contributed by atoms with van der Waals surface area (Å²) in [4.78, 5) is 24.4. The van der Waals surface area contributed by atoms with E-state index >= 15 is 0 Å². The number of nitrogens with zero attached hydrogens (tertiary/aromatic N) is 1. The van der Waals surface area contributed by atoms with Gasteiger partial charge in [-0.05, 0) is 84.1 Å². The fourth-order valence-corrected chi connectivity index (χ4v) is 4.02. The Bertz CT molecular complexity index is 1270. The molecule has 0 aliphatic heterocycles. The molecule has 3 rings (SSSR count). The van der Waals surface area contributed by atoms with Crippen molar-refractivity contribution in [3.63, 3.8) is 0 Å². The van der Waals surface area contributed by atoms with Gasteiger partial charge in [-0.25, -0.2) is 5.43 Å². The summed E-state index contributed by atoms with van der Waals surface area (Å²) in [6.07, 6.45) is 1.60. The molecule has 0 aromatic heterocycles. The second-order valence-electron chi connectivity index (χ2n) is 8.70. The minimum absolute atomic E-state index is 0.0215. The molecule has 3 aromatic carbocycles. The predicted octanol–water partition coefficient (Wildman–Crippen LogP) is 6.22. The summed E-state index contributed by atoms with van der Waals surface area (Å²) in [5.41, 5.74) is 8.21. The van der Waals surface area contributed by atoms with Crippen molar-refractivity contribution in [3.05, 3.63) is 86.9 Å². The summed E-state index contributed by atoms with van der Waals surface area (Å²) in [7, 11) is 0. The van der Waals surface area contributed by atoms with E-state index in [9.17, 15) is 9.59 Å². The van der Waals surface area contributed by atoms with Crippen LogP contribution in [0.25, 0.3) is 0 Å². The van der Waals surface area contributed by atoms with Gasteiger partial charge in [0.2, 0.25) is 11.8 Å². The molecule has 3 aromatic rings. The Balaban J connectivity index is 1.54. The van der Waals surface area contributed by atoms with E-state index in [1.54, 1.807) is 6.07 Å². The highest BCUT2D eigenvalue weighted by Gasteiger charge is 2.13. The maximum Gasteiger partial charge on any atom is 0.240 e. The van der Waals surface area contributed by atoms with Crippen molar-refractivity contribution >= 4 is 39.6 Å². The van der Waals surface area contributed by atoms with Crippen molar-refractivity contribution in [1.82, 2.24) is 5.43 Å². The maximum absolute atomic E-state index is 12.2. The van der Waals surface area contributed by atoms with Gasteiger partial charge in [0.15, 0.2) is 11.5 Å². The lowest BCUT2D eigenvalue weighted by atomic mass is 10.1. The van der Waals surface area contributed by atoms with Crippen LogP contribution in [0.1, 0.15) is 47.6 Å². The summed E-state index contributed by atoms with van der Waals surface area (Å²) in [5, 5.41) is 6.88. The summed E-state index contributed by atoms with van der Waals surface area (Å²) in [6, 6.07) is 17.6. The third-order valence-corrected chi connectivity index (χ3v) is 6.07. The zero-order chi connectivity index (χ0) is 26.8. The van der Waals surface area contributed by atoms with Gasteiger partial charge in [-0.2, -0.15) is 5.10 Å². The number of hydrogen-bond acceptors (Lipinski definition) is 5. The molecule has 0 aliphatic rings. The number of benzene rings is 3. The van der Waals surface area contributed by atoms with E-state index in [4.69, 9.17) is 9.47 Å². The van der Waals surface area contributed by atoms with Crippen LogP contribution in [0.5, 0.6) is 11.5 Å². The molecule has 8 heteroatoms. The number of nitrogens with one attached hydrogen (secondary N) is 2. The van der Waals surface area contributed by atoms with Crippen molar-refractivity contribution < 1.29 is 19.1 Å². The molecule has 2 N–H and O–H groups in total. The normalized spacial score (nSPS) is 10.8. The van der Waals surface area contributed by atoms with Gasteiger partial charge in [-0.3, -0.25) is 9.59 Å². The second-order valence-corrected chi connectivity index (χ2v) is 9.55. The lowest BCUT2D eigenvalue weighted by Gasteiger charge is -2.15. The number of hydrogen-bond donors (Lipinski definition) is 2. The number of carbonyl (C=O) groups is 2. The Morgan fingerprint density at radius 3 is 2.35 bits per heavy atom. The van der Waals surface area contributed by atoms with E-state index in [1.165, 1.54) is 11.8 Å². The van der Waals surface area contributed by atoms with E-state index in [2.05, 4.69) is 31.8 Å². The highest BCUT2D eigenvalue weighted by molar-refractivity contribution is 9.10. The standard InChI is InChI=1S/C29H32BrN3O4/c1-5-36-26-16-23(15-24(30)29(26)37-18-22-10-7-19(2)8-11-22)17-31-33-28(35)13-12-27(34)32-25-14-20(3)6-9-21(25)4/h6-11,14-17H,5,12-13,18H2,1-4H3,(H,32,34)(H,33,35). The lowest BCUT2D eigenvalue weighted by Crippen LogP contribution is -2.21. The zero-order valence-electron chi connectivity index (χ0n) is 21.6. The number of hydrazone groups is 1. The molecule has 0 spiro atoms. The number of amides is 2. The first-order valence-corrected chi connectivity index (χ1v) is 12.9. The molecule has 0 saturated carbocycles. The summed E-state index contributed by atoms with van der Waals surface area (Å²) < 4.78 is 12.5. The molecule has 0 fully saturated rings. The van der Waals surface area contributed by atoms with Gasteiger partial charge in [0, 0.05) is 18.5 Å². The van der Waals surface area contributed by atoms with Crippen LogP contribution in [0, 0.1) is 20.8 Å². The largest absolute Gasteiger partial charge is 0.490 e. The third kappa shape index (κ3) is 8.75. The van der Waals surface area contributed by atoms with Crippen LogP contribution in [0.3, 0.4) is 0 Å². The van der Waals surface area contributed by atoms with Crippen molar-refractivity contribution in [3.8, 4) is 11.5 Å². The minimum Gasteiger partial charge on any atom is -0.490 e. The van der Waals surface area contributed by atoms with Crippen molar-refractivity contribution in [2.45, 2.75) is 47.1 Å². The van der Waals surface area contributed by atoms with Crippen molar-refractivity contribution in [2.24, 2.45) is 5.10 Å². The quantitative estimate of drug-likeness (QED) is 0.213. The van der Waals surface area contributed by atoms with Gasteiger partial charge >= 0.3 is 0 Å². The van der Waals surface area contributed by atoms with E-state index in [0.717, 1.165) is 22.4 Å². The Kier molecular flexibility index (Phi) is 10.3. The average molecular weight is 566 g/mol. The van der Waals surface area contributed by atoms with Crippen LogP contribution in [-0.4, -0.2) is 24.6 Å². The van der Waals surface area contributed by atoms with E-state index in [0.29, 0.717) is 34.7 Å². The first-order valence-electron chi connectivity index (χ1n) is 12.1. The first kappa shape index (κ1) is 27.9. The number of aryl methyl sites for hydroxylation is 3. The molecule has 37 heavy (non-hydrogen) atoms. The molecule has 0 radical (unpaired) electrons. The lowest BCUT2D eigenvalue weighted by molar-refractivity contribution is -0.124. The van der Waals surface area contributed by atoms with Gasteiger partial charge in [0.1, 0.15) is 6.61 Å². The van der Waals surface area contributed by atoms with E-state index in [-0.39, 0.29) is 24.7 Å². The van der Waals surface area contributed by atoms with E-state index in [1.807, 2.05) is 76.2 Å². The predicted molar refractivity (Wildman–Crippen MR) is 150 cm³/mol. The molecule has 7 nitrogen and oxygen atoms in total. The summed E-state index contributed by atoms with van der Waals surface area (Å²) in [5.74, 6) is 0.590. The van der Waals surface area contributed by atoms with Crippen LogP contribution in [-0.2, 0) is 16.2 Å². The van der Waals surface area contributed by atoms with E-state index < -0.39 is 0 Å². The average Bonchev–Trinajstić information content (AvgIpc) is 2.86. The van der Waals surface area contributed by atoms with Crippen LogP contribution in [0.15, 0.2) is 64.2 Å². The van der Waals surface area contributed by atoms with Crippen molar-refractivity contribution in [2.75, 3.05) is 11.9 Å². The topological polar surface area (TPSA) is 89.0 Å². The molecule has 0 atom stereocenters. The molecular weight excluding hydrogens is 534 g/mol. The fourth-order valence-electron chi connectivity index (χ4n) is 3.45. The summed E-state index contributed by atoms with van der Waals surface area (Å²) >= 11 is 3.55. The second kappa shape index (κ2) is 13.6. The van der Waals surface area contributed by atoms with Crippen LogP contribution >= 0.6 is 15.9 Å². The maximum atomic E-state index is 12.2. The fraction of sp³-hybridized carbons (Fsp3) is 0.276. The smallest absolute Gasteiger partial charge is 0.240 e. The van der Waals surface area contributed by atoms with Crippen LogP contribution in [0.4, 0.5) is 5.69 Å². The number of ether oxygens (including phenoxy) is 2.